The zero-order valence-corrected chi connectivity index (χ0v) is 11.2. The molecular formula is C13H19ClFNO. The van der Waals surface area contributed by atoms with E-state index < -0.39 is 0 Å². The van der Waals surface area contributed by atoms with Crippen molar-refractivity contribution in [3.8, 4) is 0 Å². The second-order valence-corrected chi connectivity index (χ2v) is 4.53. The van der Waals surface area contributed by atoms with Gasteiger partial charge in [0.1, 0.15) is 5.82 Å². The van der Waals surface area contributed by atoms with Crippen molar-refractivity contribution in [2.24, 2.45) is 0 Å². The van der Waals surface area contributed by atoms with Crippen LogP contribution >= 0.6 is 11.6 Å². The van der Waals surface area contributed by atoms with Crippen molar-refractivity contribution in [1.29, 1.82) is 0 Å². The first-order chi connectivity index (χ1) is 8.04. The largest absolute Gasteiger partial charge is 0.380 e. The minimum atomic E-state index is -0.384. The van der Waals surface area contributed by atoms with Crippen LogP contribution in [0.5, 0.6) is 0 Å². The van der Waals surface area contributed by atoms with E-state index in [1.807, 2.05) is 13.8 Å². The van der Waals surface area contributed by atoms with Crippen molar-refractivity contribution < 1.29 is 9.13 Å². The molecule has 0 aliphatic carbocycles. The van der Waals surface area contributed by atoms with Crippen molar-refractivity contribution in [3.63, 3.8) is 0 Å². The molecule has 1 aromatic carbocycles. The molecule has 1 aromatic rings. The van der Waals surface area contributed by atoms with E-state index in [-0.39, 0.29) is 22.9 Å². The lowest BCUT2D eigenvalue weighted by molar-refractivity contribution is 0.124. The molecule has 17 heavy (non-hydrogen) atoms. The first-order valence-corrected chi connectivity index (χ1v) is 6.21. The van der Waals surface area contributed by atoms with Crippen LogP contribution in [-0.4, -0.2) is 19.3 Å². The molecule has 0 fully saturated rings. The van der Waals surface area contributed by atoms with Gasteiger partial charge in [0.2, 0.25) is 0 Å². The highest BCUT2D eigenvalue weighted by molar-refractivity contribution is 6.30. The third-order valence-corrected chi connectivity index (χ3v) is 2.84. The molecule has 2 atom stereocenters. The zero-order valence-electron chi connectivity index (χ0n) is 10.5. The van der Waals surface area contributed by atoms with Gasteiger partial charge in [-0.15, -0.1) is 0 Å². The zero-order chi connectivity index (χ0) is 12.8. The third-order valence-electron chi connectivity index (χ3n) is 2.55. The van der Waals surface area contributed by atoms with Crippen LogP contribution in [0.3, 0.4) is 0 Å². The summed E-state index contributed by atoms with van der Waals surface area (Å²) in [5.74, 6) is -0.384. The Morgan fingerprint density at radius 1 is 1.41 bits per heavy atom. The normalized spacial score (nSPS) is 14.6. The van der Waals surface area contributed by atoms with Gasteiger partial charge >= 0.3 is 0 Å². The predicted molar refractivity (Wildman–Crippen MR) is 68.9 cm³/mol. The summed E-state index contributed by atoms with van der Waals surface area (Å²) < 4.78 is 18.3. The average molecular weight is 260 g/mol. The Labute approximate surface area is 107 Å². The number of ether oxygens (including phenoxy) is 1. The maximum atomic E-state index is 13.0. The molecule has 4 heteroatoms. The quantitative estimate of drug-likeness (QED) is 0.844. The van der Waals surface area contributed by atoms with Crippen LogP contribution < -0.4 is 5.32 Å². The molecule has 0 aliphatic rings. The van der Waals surface area contributed by atoms with Gasteiger partial charge in [0.05, 0.1) is 11.6 Å². The Bertz CT molecular complexity index is 359. The summed E-state index contributed by atoms with van der Waals surface area (Å²) >= 11 is 5.75. The smallest absolute Gasteiger partial charge is 0.141 e. The van der Waals surface area contributed by atoms with Gasteiger partial charge in [0.25, 0.3) is 0 Å². The highest BCUT2D eigenvalue weighted by Crippen LogP contribution is 2.20. The molecule has 96 valence electrons. The molecule has 0 amide bonds. The fourth-order valence-electron chi connectivity index (χ4n) is 1.65. The van der Waals surface area contributed by atoms with Crippen LogP contribution in [0.4, 0.5) is 4.39 Å². The molecule has 0 saturated carbocycles. The molecule has 2 nitrogen and oxygen atoms in total. The van der Waals surface area contributed by atoms with E-state index in [0.29, 0.717) is 13.2 Å². The van der Waals surface area contributed by atoms with Crippen LogP contribution in [-0.2, 0) is 4.74 Å². The Morgan fingerprint density at radius 2 is 2.12 bits per heavy atom. The van der Waals surface area contributed by atoms with E-state index in [9.17, 15) is 4.39 Å². The fraction of sp³-hybridized carbons (Fsp3) is 0.538. The van der Waals surface area contributed by atoms with Crippen molar-refractivity contribution in [2.75, 3.05) is 13.2 Å². The van der Waals surface area contributed by atoms with Gasteiger partial charge in [0, 0.05) is 18.7 Å². The SMILES string of the molecule is CCOCC(C)NC(C)c1ccc(F)c(Cl)c1. The van der Waals surface area contributed by atoms with Crippen LogP contribution in [0.25, 0.3) is 0 Å². The lowest BCUT2D eigenvalue weighted by Crippen LogP contribution is -2.32. The molecule has 1 rings (SSSR count). The van der Waals surface area contributed by atoms with E-state index >= 15 is 0 Å². The van der Waals surface area contributed by atoms with E-state index in [0.717, 1.165) is 5.56 Å². The Morgan fingerprint density at radius 3 is 2.71 bits per heavy atom. The molecule has 0 aromatic heterocycles. The summed E-state index contributed by atoms with van der Waals surface area (Å²) in [4.78, 5) is 0. The summed E-state index contributed by atoms with van der Waals surface area (Å²) in [6.45, 7) is 7.41. The highest BCUT2D eigenvalue weighted by Gasteiger charge is 2.11. The van der Waals surface area contributed by atoms with E-state index in [4.69, 9.17) is 16.3 Å². The van der Waals surface area contributed by atoms with E-state index in [1.165, 1.54) is 6.07 Å². The molecule has 0 saturated heterocycles. The Balaban J connectivity index is 2.57. The van der Waals surface area contributed by atoms with Crippen molar-refractivity contribution in [1.82, 2.24) is 5.32 Å². The van der Waals surface area contributed by atoms with Crippen molar-refractivity contribution in [2.45, 2.75) is 32.9 Å². The first kappa shape index (κ1) is 14.4. The van der Waals surface area contributed by atoms with E-state index in [2.05, 4.69) is 12.2 Å². The Kier molecular flexibility index (Phi) is 5.89. The van der Waals surface area contributed by atoms with Crippen molar-refractivity contribution >= 4 is 11.6 Å². The van der Waals surface area contributed by atoms with Gasteiger partial charge in [-0.25, -0.2) is 4.39 Å². The summed E-state index contributed by atoms with van der Waals surface area (Å²) in [5.41, 5.74) is 0.972. The van der Waals surface area contributed by atoms with Gasteiger partial charge in [-0.1, -0.05) is 17.7 Å². The second kappa shape index (κ2) is 6.94. The number of rotatable bonds is 6. The molecule has 0 aliphatic heterocycles. The van der Waals surface area contributed by atoms with Crippen LogP contribution in [0, 0.1) is 5.82 Å². The lowest BCUT2D eigenvalue weighted by Gasteiger charge is -2.20. The number of hydrogen-bond acceptors (Lipinski definition) is 2. The monoisotopic (exact) mass is 259 g/mol. The molecule has 2 unspecified atom stereocenters. The minimum absolute atomic E-state index is 0.114. The highest BCUT2D eigenvalue weighted by atomic mass is 35.5. The summed E-state index contributed by atoms with van der Waals surface area (Å²) in [6, 6.07) is 5.15. The molecule has 0 radical (unpaired) electrons. The molecular weight excluding hydrogens is 241 g/mol. The molecule has 0 spiro atoms. The van der Waals surface area contributed by atoms with Crippen molar-refractivity contribution in [3.05, 3.63) is 34.6 Å². The maximum absolute atomic E-state index is 13.0. The van der Waals surface area contributed by atoms with Gasteiger partial charge < -0.3 is 10.1 Å². The van der Waals surface area contributed by atoms with Crippen LogP contribution in [0.15, 0.2) is 18.2 Å². The summed E-state index contributed by atoms with van der Waals surface area (Å²) in [7, 11) is 0. The summed E-state index contributed by atoms with van der Waals surface area (Å²) in [5, 5.41) is 3.53. The number of benzene rings is 1. The molecule has 0 bridgehead atoms. The van der Waals surface area contributed by atoms with Crippen LogP contribution in [0.1, 0.15) is 32.4 Å². The van der Waals surface area contributed by atoms with Gasteiger partial charge in [0.15, 0.2) is 0 Å². The number of halogens is 2. The van der Waals surface area contributed by atoms with Gasteiger partial charge in [-0.3, -0.25) is 0 Å². The Hall–Kier alpha value is -0.640. The topological polar surface area (TPSA) is 21.3 Å². The first-order valence-electron chi connectivity index (χ1n) is 5.83. The fourth-order valence-corrected chi connectivity index (χ4v) is 1.84. The average Bonchev–Trinajstić information content (AvgIpc) is 2.30. The third kappa shape index (κ3) is 4.62. The van der Waals surface area contributed by atoms with E-state index in [1.54, 1.807) is 12.1 Å². The summed E-state index contributed by atoms with van der Waals surface area (Å²) in [6.07, 6.45) is 0. The molecule has 0 heterocycles. The van der Waals surface area contributed by atoms with Crippen LogP contribution in [0.2, 0.25) is 5.02 Å². The number of hydrogen-bond donors (Lipinski definition) is 1. The maximum Gasteiger partial charge on any atom is 0.141 e. The minimum Gasteiger partial charge on any atom is -0.380 e. The molecule has 1 N–H and O–H groups in total. The van der Waals surface area contributed by atoms with Gasteiger partial charge in [-0.05, 0) is 38.5 Å². The standard InChI is InChI=1S/C13H19ClFNO/c1-4-17-8-9(2)16-10(3)11-5-6-13(15)12(14)7-11/h5-7,9-10,16H,4,8H2,1-3H3. The van der Waals surface area contributed by atoms with Gasteiger partial charge in [-0.2, -0.15) is 0 Å². The lowest BCUT2D eigenvalue weighted by atomic mass is 10.1. The predicted octanol–water partition coefficient (Wildman–Crippen LogP) is 3.55. The second-order valence-electron chi connectivity index (χ2n) is 4.12. The number of nitrogens with one attached hydrogen (secondary N) is 1.